The second-order valence-corrected chi connectivity index (χ2v) is 3.64. The average molecular weight is 166 g/mol. The third-order valence-corrected chi connectivity index (χ3v) is 2.86. The number of hydrogen-bond donors (Lipinski definition) is 2. The second kappa shape index (κ2) is 2.90. The maximum atomic E-state index is 10.9. The largest absolute Gasteiger partial charge is 0.366 e. The smallest absolute Gasteiger partial charge is 0.245 e. The van der Waals surface area contributed by atoms with Crippen LogP contribution in [0.4, 0.5) is 0 Å². The number of rotatable bonds is 1. The van der Waals surface area contributed by atoms with E-state index in [1.54, 1.807) is 0 Å². The van der Waals surface area contributed by atoms with Crippen molar-refractivity contribution >= 4 is 5.91 Å². The molecule has 0 spiro atoms. The first kappa shape index (κ1) is 7.80. The molecule has 1 saturated carbocycles. The van der Waals surface area contributed by atoms with Crippen LogP contribution in [0.5, 0.6) is 0 Å². The van der Waals surface area contributed by atoms with Gasteiger partial charge < -0.3 is 11.1 Å². The van der Waals surface area contributed by atoms with E-state index in [0.717, 1.165) is 5.57 Å². The van der Waals surface area contributed by atoms with Crippen LogP contribution < -0.4 is 11.1 Å². The molecule has 2 unspecified atom stereocenters. The fourth-order valence-electron chi connectivity index (χ4n) is 2.17. The number of hydrogen-bond acceptors (Lipinski definition) is 2. The monoisotopic (exact) mass is 166 g/mol. The lowest BCUT2D eigenvalue weighted by Gasteiger charge is -2.24. The van der Waals surface area contributed by atoms with Crippen LogP contribution in [0, 0.1) is 5.92 Å². The molecule has 1 aliphatic carbocycles. The lowest BCUT2D eigenvalue weighted by atomic mass is 9.96. The zero-order valence-corrected chi connectivity index (χ0v) is 7.05. The molecule has 0 aromatic heterocycles. The zero-order chi connectivity index (χ0) is 8.55. The van der Waals surface area contributed by atoms with Crippen molar-refractivity contribution in [2.75, 3.05) is 6.54 Å². The third-order valence-electron chi connectivity index (χ3n) is 2.86. The van der Waals surface area contributed by atoms with Crippen LogP contribution in [0.15, 0.2) is 11.6 Å². The molecule has 2 rings (SSSR count). The SMILES string of the molecule is NC(=O)C1=CC2CCCC2NC1. The predicted octanol–water partition coefficient (Wildman–Crippen LogP) is 0.170. The molecule has 1 heterocycles. The summed E-state index contributed by atoms with van der Waals surface area (Å²) in [5.41, 5.74) is 5.96. The number of nitrogens with one attached hydrogen (secondary N) is 1. The van der Waals surface area contributed by atoms with Crippen molar-refractivity contribution in [1.82, 2.24) is 5.32 Å². The maximum Gasteiger partial charge on any atom is 0.245 e. The van der Waals surface area contributed by atoms with Gasteiger partial charge in [0.15, 0.2) is 0 Å². The van der Waals surface area contributed by atoms with Gasteiger partial charge in [-0.25, -0.2) is 0 Å². The molecule has 0 radical (unpaired) electrons. The molecular weight excluding hydrogens is 152 g/mol. The Morgan fingerprint density at radius 1 is 1.58 bits per heavy atom. The molecule has 1 amide bonds. The standard InChI is InChI=1S/C9H14N2O/c10-9(12)7-4-6-2-1-3-8(6)11-5-7/h4,6,8,11H,1-3,5H2,(H2,10,12). The molecular formula is C9H14N2O. The minimum Gasteiger partial charge on any atom is -0.366 e. The first-order chi connectivity index (χ1) is 5.77. The molecule has 1 aliphatic heterocycles. The van der Waals surface area contributed by atoms with Crippen LogP contribution in [0.1, 0.15) is 19.3 Å². The van der Waals surface area contributed by atoms with Crippen molar-refractivity contribution in [3.05, 3.63) is 11.6 Å². The van der Waals surface area contributed by atoms with Crippen molar-refractivity contribution in [2.24, 2.45) is 11.7 Å². The van der Waals surface area contributed by atoms with E-state index < -0.39 is 0 Å². The lowest BCUT2D eigenvalue weighted by Crippen LogP contribution is -2.39. The Kier molecular flexibility index (Phi) is 1.89. The summed E-state index contributed by atoms with van der Waals surface area (Å²) in [5.74, 6) is 0.286. The number of carbonyl (C=O) groups excluding carboxylic acids is 1. The molecule has 66 valence electrons. The molecule has 0 saturated heterocycles. The van der Waals surface area contributed by atoms with E-state index in [1.807, 2.05) is 0 Å². The second-order valence-electron chi connectivity index (χ2n) is 3.64. The van der Waals surface area contributed by atoms with E-state index in [0.29, 0.717) is 18.5 Å². The third kappa shape index (κ3) is 1.25. The Hall–Kier alpha value is -0.830. The molecule has 3 heteroatoms. The molecule has 3 nitrogen and oxygen atoms in total. The first-order valence-electron chi connectivity index (χ1n) is 4.51. The number of amides is 1. The first-order valence-corrected chi connectivity index (χ1v) is 4.51. The Bertz CT molecular complexity index is 235. The summed E-state index contributed by atoms with van der Waals surface area (Å²) in [5, 5.41) is 3.34. The fourth-order valence-corrected chi connectivity index (χ4v) is 2.17. The summed E-state index contributed by atoms with van der Waals surface area (Å²) < 4.78 is 0. The molecule has 0 bridgehead atoms. The van der Waals surface area contributed by atoms with Gasteiger partial charge in [0.2, 0.25) is 5.91 Å². The van der Waals surface area contributed by atoms with Crippen LogP contribution in [0.3, 0.4) is 0 Å². The summed E-state index contributed by atoms with van der Waals surface area (Å²) >= 11 is 0. The molecule has 1 fully saturated rings. The lowest BCUT2D eigenvalue weighted by molar-refractivity contribution is -0.114. The van der Waals surface area contributed by atoms with Gasteiger partial charge in [0, 0.05) is 18.2 Å². The van der Waals surface area contributed by atoms with Crippen molar-refractivity contribution in [2.45, 2.75) is 25.3 Å². The highest BCUT2D eigenvalue weighted by molar-refractivity contribution is 5.92. The molecule has 0 aromatic carbocycles. The van der Waals surface area contributed by atoms with Crippen molar-refractivity contribution in [3.8, 4) is 0 Å². The molecule has 0 aromatic rings. The van der Waals surface area contributed by atoms with E-state index in [2.05, 4.69) is 11.4 Å². The highest BCUT2D eigenvalue weighted by Gasteiger charge is 2.29. The Morgan fingerprint density at radius 2 is 2.42 bits per heavy atom. The van der Waals surface area contributed by atoms with Gasteiger partial charge in [-0.05, 0) is 18.8 Å². The summed E-state index contributed by atoms with van der Waals surface area (Å²) in [7, 11) is 0. The molecule has 2 aliphatic rings. The summed E-state index contributed by atoms with van der Waals surface area (Å²) in [6.45, 7) is 0.663. The normalized spacial score (nSPS) is 34.2. The van der Waals surface area contributed by atoms with Gasteiger partial charge in [0.1, 0.15) is 0 Å². The van der Waals surface area contributed by atoms with Crippen molar-refractivity contribution in [3.63, 3.8) is 0 Å². The van der Waals surface area contributed by atoms with Gasteiger partial charge in [-0.3, -0.25) is 4.79 Å². The van der Waals surface area contributed by atoms with Gasteiger partial charge in [-0.2, -0.15) is 0 Å². The quantitative estimate of drug-likeness (QED) is 0.583. The van der Waals surface area contributed by atoms with Crippen LogP contribution in [0.25, 0.3) is 0 Å². The van der Waals surface area contributed by atoms with Gasteiger partial charge in [0.05, 0.1) is 0 Å². The zero-order valence-electron chi connectivity index (χ0n) is 7.05. The van der Waals surface area contributed by atoms with Crippen LogP contribution in [-0.2, 0) is 4.79 Å². The number of nitrogens with two attached hydrogens (primary N) is 1. The molecule has 12 heavy (non-hydrogen) atoms. The van der Waals surface area contributed by atoms with Gasteiger partial charge in [-0.15, -0.1) is 0 Å². The number of carbonyl (C=O) groups is 1. The Labute approximate surface area is 72.0 Å². The minimum absolute atomic E-state index is 0.271. The molecule has 3 N–H and O–H groups in total. The molecule has 2 atom stereocenters. The van der Waals surface area contributed by atoms with Crippen LogP contribution >= 0.6 is 0 Å². The van der Waals surface area contributed by atoms with Crippen LogP contribution in [-0.4, -0.2) is 18.5 Å². The fraction of sp³-hybridized carbons (Fsp3) is 0.667. The highest BCUT2D eigenvalue weighted by Crippen LogP contribution is 2.29. The minimum atomic E-state index is -0.271. The van der Waals surface area contributed by atoms with Gasteiger partial charge >= 0.3 is 0 Å². The predicted molar refractivity (Wildman–Crippen MR) is 46.4 cm³/mol. The van der Waals surface area contributed by atoms with E-state index in [-0.39, 0.29) is 5.91 Å². The number of primary amides is 1. The average Bonchev–Trinajstić information content (AvgIpc) is 2.49. The summed E-state index contributed by atoms with van der Waals surface area (Å²) in [6.07, 6.45) is 5.78. The van der Waals surface area contributed by atoms with Crippen molar-refractivity contribution in [1.29, 1.82) is 0 Å². The summed E-state index contributed by atoms with van der Waals surface area (Å²) in [4.78, 5) is 10.9. The van der Waals surface area contributed by atoms with E-state index in [4.69, 9.17) is 5.73 Å². The van der Waals surface area contributed by atoms with Crippen molar-refractivity contribution < 1.29 is 4.79 Å². The van der Waals surface area contributed by atoms with Gasteiger partial charge in [-0.1, -0.05) is 12.5 Å². The topological polar surface area (TPSA) is 55.1 Å². The summed E-state index contributed by atoms with van der Waals surface area (Å²) in [6, 6.07) is 0.605. The highest BCUT2D eigenvalue weighted by atomic mass is 16.1. The Morgan fingerprint density at radius 3 is 3.17 bits per heavy atom. The van der Waals surface area contributed by atoms with Gasteiger partial charge in [0.25, 0.3) is 0 Å². The van der Waals surface area contributed by atoms with Crippen LogP contribution in [0.2, 0.25) is 0 Å². The Balaban J connectivity index is 2.14. The van der Waals surface area contributed by atoms with E-state index in [9.17, 15) is 4.79 Å². The number of fused-ring (bicyclic) bond motifs is 1. The van der Waals surface area contributed by atoms with E-state index in [1.165, 1.54) is 19.3 Å². The maximum absolute atomic E-state index is 10.9. The van der Waals surface area contributed by atoms with E-state index >= 15 is 0 Å².